The van der Waals surface area contributed by atoms with Gasteiger partial charge in [-0.15, -0.1) is 0 Å². The van der Waals surface area contributed by atoms with E-state index in [1.165, 1.54) is 13.2 Å². The lowest BCUT2D eigenvalue weighted by Crippen LogP contribution is -2.04. The molecule has 0 aliphatic rings. The average molecular weight is 288 g/mol. The summed E-state index contributed by atoms with van der Waals surface area (Å²) in [5, 5.41) is 0. The highest BCUT2D eigenvalue weighted by molar-refractivity contribution is 5.98. The predicted molar refractivity (Wildman–Crippen MR) is 78.3 cm³/mol. The Morgan fingerprint density at radius 2 is 1.95 bits per heavy atom. The maximum atomic E-state index is 13.8. The number of Topliss-reactive ketones (excluding diaryl/α,β-unsaturated/α-hetero) is 1. The lowest BCUT2D eigenvalue weighted by atomic mass is 10.1. The Morgan fingerprint density at radius 3 is 2.62 bits per heavy atom. The zero-order chi connectivity index (χ0) is 15.2. The number of methoxy groups -OCH3 is 1. The van der Waals surface area contributed by atoms with Crippen molar-refractivity contribution in [2.24, 2.45) is 0 Å². The number of hydrogen-bond donors (Lipinski definition) is 0. The number of para-hydroxylation sites is 1. The van der Waals surface area contributed by atoms with E-state index in [0.29, 0.717) is 29.0 Å². The van der Waals surface area contributed by atoms with Gasteiger partial charge in [-0.25, -0.2) is 4.39 Å². The third-order valence-corrected chi connectivity index (χ3v) is 3.15. The molecule has 0 aliphatic carbocycles. The predicted octanol–water partition coefficient (Wildman–Crippen LogP) is 4.01. The highest BCUT2D eigenvalue weighted by Gasteiger charge is 2.11. The van der Waals surface area contributed by atoms with Crippen LogP contribution in [0.2, 0.25) is 0 Å². The quantitative estimate of drug-likeness (QED) is 0.753. The van der Waals surface area contributed by atoms with E-state index in [1.807, 2.05) is 0 Å². The highest BCUT2D eigenvalue weighted by atomic mass is 19.1. The minimum Gasteiger partial charge on any atom is -0.497 e. The summed E-state index contributed by atoms with van der Waals surface area (Å²) in [6, 6.07) is 11.6. The molecule has 2 rings (SSSR count). The molecule has 0 amide bonds. The van der Waals surface area contributed by atoms with Crippen molar-refractivity contribution >= 4 is 5.78 Å². The van der Waals surface area contributed by atoms with Crippen LogP contribution in [0.4, 0.5) is 4.39 Å². The van der Waals surface area contributed by atoms with Crippen molar-refractivity contribution in [1.29, 1.82) is 0 Å². The number of carbonyl (C=O) groups excluding carboxylic acids is 1. The summed E-state index contributed by atoms with van der Waals surface area (Å²) in [4.78, 5) is 11.8. The molecule has 4 heteroatoms. The highest BCUT2D eigenvalue weighted by Crippen LogP contribution is 2.22. The van der Waals surface area contributed by atoms with Crippen LogP contribution < -0.4 is 9.47 Å². The Morgan fingerprint density at radius 1 is 1.19 bits per heavy atom. The summed E-state index contributed by atoms with van der Waals surface area (Å²) in [5.41, 5.74) is 0.934. The van der Waals surface area contributed by atoms with Gasteiger partial charge in [0.2, 0.25) is 0 Å². The van der Waals surface area contributed by atoms with E-state index in [1.54, 1.807) is 43.3 Å². The van der Waals surface area contributed by atoms with Crippen LogP contribution in [0.1, 0.15) is 29.3 Å². The lowest BCUT2D eigenvalue weighted by molar-refractivity contribution is 0.0983. The SMILES string of the molecule is CCC(=O)c1ccccc1OCc1ccc(OC)cc1F. The van der Waals surface area contributed by atoms with Gasteiger partial charge in [-0.1, -0.05) is 19.1 Å². The molecule has 21 heavy (non-hydrogen) atoms. The van der Waals surface area contributed by atoms with Crippen molar-refractivity contribution in [2.75, 3.05) is 7.11 Å². The van der Waals surface area contributed by atoms with Crippen molar-refractivity contribution in [1.82, 2.24) is 0 Å². The summed E-state index contributed by atoms with van der Waals surface area (Å²) >= 11 is 0. The molecule has 0 N–H and O–H groups in total. The number of halogens is 1. The fourth-order valence-electron chi connectivity index (χ4n) is 1.94. The first-order valence-electron chi connectivity index (χ1n) is 6.73. The molecule has 0 spiro atoms. The number of rotatable bonds is 6. The summed E-state index contributed by atoms with van der Waals surface area (Å²) in [7, 11) is 1.48. The summed E-state index contributed by atoms with van der Waals surface area (Å²) in [5.74, 6) is 0.534. The molecular weight excluding hydrogens is 271 g/mol. The van der Waals surface area contributed by atoms with Gasteiger partial charge >= 0.3 is 0 Å². The molecular formula is C17H17FO3. The number of carbonyl (C=O) groups is 1. The molecule has 2 aromatic carbocycles. The molecule has 0 aliphatic heterocycles. The first-order valence-corrected chi connectivity index (χ1v) is 6.73. The van der Waals surface area contributed by atoms with Gasteiger partial charge in [-0.05, 0) is 24.3 Å². The molecule has 110 valence electrons. The molecule has 2 aromatic rings. The number of ketones is 1. The topological polar surface area (TPSA) is 35.5 Å². The zero-order valence-electron chi connectivity index (χ0n) is 12.1. The molecule has 3 nitrogen and oxygen atoms in total. The van der Waals surface area contributed by atoms with Gasteiger partial charge in [0.1, 0.15) is 23.9 Å². The van der Waals surface area contributed by atoms with E-state index >= 15 is 0 Å². The van der Waals surface area contributed by atoms with Crippen molar-refractivity contribution in [2.45, 2.75) is 20.0 Å². The molecule has 0 heterocycles. The first-order chi connectivity index (χ1) is 10.2. The second kappa shape index (κ2) is 6.88. The third kappa shape index (κ3) is 3.60. The molecule has 0 fully saturated rings. The van der Waals surface area contributed by atoms with Gasteiger partial charge in [-0.2, -0.15) is 0 Å². The number of ether oxygens (including phenoxy) is 2. The maximum absolute atomic E-state index is 13.8. The Kier molecular flexibility index (Phi) is 4.93. The van der Waals surface area contributed by atoms with Crippen LogP contribution in [-0.4, -0.2) is 12.9 Å². The van der Waals surface area contributed by atoms with Crippen molar-refractivity contribution in [3.63, 3.8) is 0 Å². The van der Waals surface area contributed by atoms with Crippen LogP contribution >= 0.6 is 0 Å². The molecule has 0 bridgehead atoms. The number of hydrogen-bond acceptors (Lipinski definition) is 3. The Balaban J connectivity index is 2.15. The molecule has 0 unspecified atom stereocenters. The third-order valence-electron chi connectivity index (χ3n) is 3.15. The van der Waals surface area contributed by atoms with Gasteiger partial charge in [0, 0.05) is 18.1 Å². The fraction of sp³-hybridized carbons (Fsp3) is 0.235. The summed E-state index contributed by atoms with van der Waals surface area (Å²) in [6.07, 6.45) is 0.400. The number of benzene rings is 2. The van der Waals surface area contributed by atoms with E-state index < -0.39 is 5.82 Å². The standard InChI is InChI=1S/C17H17FO3/c1-3-16(19)14-6-4-5-7-17(14)21-11-12-8-9-13(20-2)10-15(12)18/h4-10H,3,11H2,1-2H3. The molecule has 0 atom stereocenters. The fourth-order valence-corrected chi connectivity index (χ4v) is 1.94. The molecule has 0 saturated heterocycles. The minimum atomic E-state index is -0.395. The molecule has 0 aromatic heterocycles. The van der Waals surface area contributed by atoms with E-state index in [9.17, 15) is 9.18 Å². The van der Waals surface area contributed by atoms with E-state index in [2.05, 4.69) is 0 Å². The van der Waals surface area contributed by atoms with Gasteiger partial charge in [0.05, 0.1) is 12.7 Å². The van der Waals surface area contributed by atoms with E-state index in [-0.39, 0.29) is 12.4 Å². The monoisotopic (exact) mass is 288 g/mol. The van der Waals surface area contributed by atoms with E-state index in [4.69, 9.17) is 9.47 Å². The van der Waals surface area contributed by atoms with Crippen LogP contribution in [0.3, 0.4) is 0 Å². The first kappa shape index (κ1) is 15.0. The second-order valence-electron chi connectivity index (χ2n) is 4.52. The minimum absolute atomic E-state index is 0.000743. The van der Waals surface area contributed by atoms with Crippen LogP contribution in [0.15, 0.2) is 42.5 Å². The van der Waals surface area contributed by atoms with Gasteiger partial charge in [-0.3, -0.25) is 4.79 Å². The van der Waals surface area contributed by atoms with Crippen LogP contribution in [0.25, 0.3) is 0 Å². The maximum Gasteiger partial charge on any atom is 0.166 e. The second-order valence-corrected chi connectivity index (χ2v) is 4.52. The Bertz CT molecular complexity index is 638. The van der Waals surface area contributed by atoms with Crippen molar-refractivity contribution in [3.05, 3.63) is 59.4 Å². The Hall–Kier alpha value is -2.36. The van der Waals surface area contributed by atoms with Crippen LogP contribution in [-0.2, 0) is 6.61 Å². The molecule has 0 radical (unpaired) electrons. The lowest BCUT2D eigenvalue weighted by Gasteiger charge is -2.11. The Labute approximate surface area is 123 Å². The van der Waals surface area contributed by atoms with Crippen molar-refractivity contribution in [3.8, 4) is 11.5 Å². The largest absolute Gasteiger partial charge is 0.497 e. The smallest absolute Gasteiger partial charge is 0.166 e. The van der Waals surface area contributed by atoms with Gasteiger partial charge < -0.3 is 9.47 Å². The van der Waals surface area contributed by atoms with Gasteiger partial charge in [0.25, 0.3) is 0 Å². The van der Waals surface area contributed by atoms with Gasteiger partial charge in [0.15, 0.2) is 5.78 Å². The summed E-state index contributed by atoms with van der Waals surface area (Å²) in [6.45, 7) is 1.85. The van der Waals surface area contributed by atoms with Crippen LogP contribution in [0, 0.1) is 5.82 Å². The van der Waals surface area contributed by atoms with Crippen molar-refractivity contribution < 1.29 is 18.7 Å². The zero-order valence-corrected chi connectivity index (χ0v) is 12.1. The average Bonchev–Trinajstić information content (AvgIpc) is 2.53. The summed E-state index contributed by atoms with van der Waals surface area (Å²) < 4.78 is 24.4. The van der Waals surface area contributed by atoms with Crippen LogP contribution in [0.5, 0.6) is 11.5 Å². The molecule has 0 saturated carbocycles. The van der Waals surface area contributed by atoms with E-state index in [0.717, 1.165) is 0 Å². The normalized spacial score (nSPS) is 10.2.